The summed E-state index contributed by atoms with van der Waals surface area (Å²) in [5.41, 5.74) is 6.67. The van der Waals surface area contributed by atoms with Crippen LogP contribution < -0.4 is 5.73 Å². The quantitative estimate of drug-likeness (QED) is 0.832. The molecule has 1 rings (SSSR count). The first-order chi connectivity index (χ1) is 7.02. The first-order valence-corrected chi connectivity index (χ1v) is 5.59. The SMILES string of the molecule is CC(C)CC[C@H](N)c1cccc(F)c1Cl. The highest BCUT2D eigenvalue weighted by molar-refractivity contribution is 6.31. The minimum atomic E-state index is -0.394. The van der Waals surface area contributed by atoms with Gasteiger partial charge in [-0.2, -0.15) is 0 Å². The summed E-state index contributed by atoms with van der Waals surface area (Å²) in [7, 11) is 0. The zero-order chi connectivity index (χ0) is 11.4. The maximum atomic E-state index is 13.2. The van der Waals surface area contributed by atoms with Crippen LogP contribution in [0.25, 0.3) is 0 Å². The fourth-order valence-electron chi connectivity index (χ4n) is 1.48. The Balaban J connectivity index is 2.73. The highest BCUT2D eigenvalue weighted by Crippen LogP contribution is 2.27. The van der Waals surface area contributed by atoms with E-state index >= 15 is 0 Å². The molecule has 0 amide bonds. The van der Waals surface area contributed by atoms with Crippen molar-refractivity contribution in [1.82, 2.24) is 0 Å². The predicted molar refractivity (Wildman–Crippen MR) is 62.4 cm³/mol. The van der Waals surface area contributed by atoms with Gasteiger partial charge in [0.2, 0.25) is 0 Å². The van der Waals surface area contributed by atoms with Crippen LogP contribution in [0, 0.1) is 11.7 Å². The highest BCUT2D eigenvalue weighted by Gasteiger charge is 2.13. The summed E-state index contributed by atoms with van der Waals surface area (Å²) < 4.78 is 13.2. The first-order valence-electron chi connectivity index (χ1n) is 5.22. The van der Waals surface area contributed by atoms with E-state index in [1.807, 2.05) is 0 Å². The lowest BCUT2D eigenvalue weighted by molar-refractivity contribution is 0.505. The predicted octanol–water partition coefficient (Wildman–Crippen LogP) is 3.92. The molecular formula is C12H17ClFN. The fourth-order valence-corrected chi connectivity index (χ4v) is 1.74. The third-order valence-electron chi connectivity index (χ3n) is 2.44. The van der Waals surface area contributed by atoms with Crippen molar-refractivity contribution in [3.63, 3.8) is 0 Å². The van der Waals surface area contributed by atoms with Gasteiger partial charge in [-0.15, -0.1) is 0 Å². The molecule has 0 aliphatic carbocycles. The molecule has 0 aliphatic heterocycles. The third-order valence-corrected chi connectivity index (χ3v) is 2.83. The van der Waals surface area contributed by atoms with Crippen LogP contribution in [0.4, 0.5) is 4.39 Å². The van der Waals surface area contributed by atoms with E-state index < -0.39 is 5.82 Å². The first kappa shape index (κ1) is 12.5. The second-order valence-corrected chi connectivity index (χ2v) is 4.60. The Kier molecular flexibility index (Phi) is 4.55. The Morgan fingerprint density at radius 1 is 1.33 bits per heavy atom. The van der Waals surface area contributed by atoms with Crippen LogP contribution in [0.1, 0.15) is 38.3 Å². The summed E-state index contributed by atoms with van der Waals surface area (Å²) in [6.45, 7) is 4.28. The van der Waals surface area contributed by atoms with Gasteiger partial charge in [0.25, 0.3) is 0 Å². The van der Waals surface area contributed by atoms with Crippen LogP contribution in [0.15, 0.2) is 18.2 Å². The van der Waals surface area contributed by atoms with E-state index in [0.717, 1.165) is 12.8 Å². The van der Waals surface area contributed by atoms with Crippen LogP contribution in [-0.2, 0) is 0 Å². The number of hydrogen-bond donors (Lipinski definition) is 1. The zero-order valence-corrected chi connectivity index (χ0v) is 9.89. The molecule has 1 aromatic carbocycles. The molecule has 2 N–H and O–H groups in total. The molecule has 0 saturated carbocycles. The van der Waals surface area contributed by atoms with Crippen molar-refractivity contribution in [2.24, 2.45) is 11.7 Å². The second-order valence-electron chi connectivity index (χ2n) is 4.22. The molecule has 15 heavy (non-hydrogen) atoms. The Labute approximate surface area is 95.4 Å². The molecule has 84 valence electrons. The molecule has 0 aromatic heterocycles. The lowest BCUT2D eigenvalue weighted by Crippen LogP contribution is -2.12. The largest absolute Gasteiger partial charge is 0.324 e. The summed E-state index contributed by atoms with van der Waals surface area (Å²) >= 11 is 5.85. The molecule has 0 fully saturated rings. The molecule has 1 nitrogen and oxygen atoms in total. The van der Waals surface area contributed by atoms with E-state index in [-0.39, 0.29) is 11.1 Å². The van der Waals surface area contributed by atoms with Gasteiger partial charge in [0, 0.05) is 6.04 Å². The summed E-state index contributed by atoms with van der Waals surface area (Å²) in [6, 6.07) is 4.61. The van der Waals surface area contributed by atoms with Gasteiger partial charge < -0.3 is 5.73 Å². The topological polar surface area (TPSA) is 26.0 Å². The molecule has 3 heteroatoms. The summed E-state index contributed by atoms with van der Waals surface area (Å²) in [5, 5.41) is 0.161. The maximum absolute atomic E-state index is 13.2. The summed E-state index contributed by atoms with van der Waals surface area (Å²) in [5.74, 6) is 0.206. The van der Waals surface area contributed by atoms with Crippen LogP contribution in [0.2, 0.25) is 5.02 Å². The van der Waals surface area contributed by atoms with Gasteiger partial charge in [-0.3, -0.25) is 0 Å². The molecule has 0 heterocycles. The van der Waals surface area contributed by atoms with Crippen LogP contribution in [0.3, 0.4) is 0 Å². The number of benzene rings is 1. The molecule has 0 unspecified atom stereocenters. The Hall–Kier alpha value is -0.600. The van der Waals surface area contributed by atoms with Gasteiger partial charge in [0.05, 0.1) is 5.02 Å². The normalized spacial score (nSPS) is 13.2. The Morgan fingerprint density at radius 2 is 2.00 bits per heavy atom. The van der Waals surface area contributed by atoms with Crippen LogP contribution in [0.5, 0.6) is 0 Å². The van der Waals surface area contributed by atoms with Gasteiger partial charge in [0.1, 0.15) is 5.82 Å². The van der Waals surface area contributed by atoms with Gasteiger partial charge >= 0.3 is 0 Å². The number of rotatable bonds is 4. The zero-order valence-electron chi connectivity index (χ0n) is 9.13. The average Bonchev–Trinajstić information content (AvgIpc) is 2.18. The summed E-state index contributed by atoms with van der Waals surface area (Å²) in [4.78, 5) is 0. The van der Waals surface area contributed by atoms with E-state index in [4.69, 9.17) is 17.3 Å². The standard InChI is InChI=1S/C12H17ClFN/c1-8(2)6-7-11(15)9-4-3-5-10(14)12(9)13/h3-5,8,11H,6-7,15H2,1-2H3/t11-/m0/s1. The number of nitrogens with two attached hydrogens (primary N) is 1. The van der Waals surface area contributed by atoms with Crippen molar-refractivity contribution < 1.29 is 4.39 Å². The van der Waals surface area contributed by atoms with Gasteiger partial charge in [0.15, 0.2) is 0 Å². The molecule has 0 spiro atoms. The van der Waals surface area contributed by atoms with Crippen molar-refractivity contribution >= 4 is 11.6 Å². The van der Waals surface area contributed by atoms with Crippen molar-refractivity contribution in [3.05, 3.63) is 34.6 Å². The number of halogens is 2. The van der Waals surface area contributed by atoms with E-state index in [9.17, 15) is 4.39 Å². The monoisotopic (exact) mass is 229 g/mol. The third kappa shape index (κ3) is 3.47. The van der Waals surface area contributed by atoms with E-state index in [1.165, 1.54) is 6.07 Å². The molecular weight excluding hydrogens is 213 g/mol. The van der Waals surface area contributed by atoms with Crippen LogP contribution in [-0.4, -0.2) is 0 Å². The van der Waals surface area contributed by atoms with Crippen LogP contribution >= 0.6 is 11.6 Å². The van der Waals surface area contributed by atoms with Gasteiger partial charge in [-0.25, -0.2) is 4.39 Å². The van der Waals surface area contributed by atoms with E-state index in [0.29, 0.717) is 11.5 Å². The van der Waals surface area contributed by atoms with Crippen molar-refractivity contribution in [1.29, 1.82) is 0 Å². The minimum Gasteiger partial charge on any atom is -0.324 e. The molecule has 1 atom stereocenters. The fraction of sp³-hybridized carbons (Fsp3) is 0.500. The minimum absolute atomic E-state index is 0.161. The van der Waals surface area contributed by atoms with E-state index in [1.54, 1.807) is 12.1 Å². The van der Waals surface area contributed by atoms with Crippen molar-refractivity contribution in [3.8, 4) is 0 Å². The van der Waals surface area contributed by atoms with Gasteiger partial charge in [-0.1, -0.05) is 37.6 Å². The lowest BCUT2D eigenvalue weighted by atomic mass is 9.98. The Morgan fingerprint density at radius 3 is 2.60 bits per heavy atom. The molecule has 1 aromatic rings. The second kappa shape index (κ2) is 5.47. The number of hydrogen-bond acceptors (Lipinski definition) is 1. The maximum Gasteiger partial charge on any atom is 0.142 e. The van der Waals surface area contributed by atoms with Crippen molar-refractivity contribution in [2.75, 3.05) is 0 Å². The molecule has 0 aliphatic rings. The van der Waals surface area contributed by atoms with Crippen molar-refractivity contribution in [2.45, 2.75) is 32.7 Å². The summed E-state index contributed by atoms with van der Waals surface area (Å²) in [6.07, 6.45) is 1.86. The molecule has 0 bridgehead atoms. The Bertz CT molecular complexity index is 325. The molecule has 0 radical (unpaired) electrons. The van der Waals surface area contributed by atoms with E-state index in [2.05, 4.69) is 13.8 Å². The smallest absolute Gasteiger partial charge is 0.142 e. The highest BCUT2D eigenvalue weighted by atomic mass is 35.5. The molecule has 0 saturated heterocycles. The average molecular weight is 230 g/mol. The lowest BCUT2D eigenvalue weighted by Gasteiger charge is -2.15. The van der Waals surface area contributed by atoms with Gasteiger partial charge in [-0.05, 0) is 30.4 Å².